The van der Waals surface area contributed by atoms with Gasteiger partial charge in [0.15, 0.2) is 5.82 Å². The summed E-state index contributed by atoms with van der Waals surface area (Å²) in [6.07, 6.45) is -0.0895. The number of piperazine rings is 1. The Hall–Kier alpha value is -2.80. The molecule has 186 valence electrons. The number of sulfonamides is 1. The standard InChI is InChI=1S/C21H27F3N6O3S/c1-34(32,33)26-19-4-7-30(25-19)20(31)29-10-8-27(9-11-29)15-16-12-17(21(22,23)24)14-18(13-16)28-5-2-3-6-28/h4,7,12-14H,2-3,5-6,8-11,15H2,1H3,(H,25,26). The number of aromatic nitrogens is 2. The molecule has 2 saturated heterocycles. The van der Waals surface area contributed by atoms with Crippen LogP contribution in [0.1, 0.15) is 24.0 Å². The van der Waals surface area contributed by atoms with E-state index in [9.17, 15) is 26.4 Å². The number of rotatable bonds is 5. The summed E-state index contributed by atoms with van der Waals surface area (Å²) in [5.74, 6) is 0.0489. The first-order valence-corrected chi connectivity index (χ1v) is 12.9. The molecule has 1 N–H and O–H groups in total. The SMILES string of the molecule is CS(=O)(=O)Nc1ccn(C(=O)N2CCN(Cc3cc(N4CCCC4)cc(C(F)(F)F)c3)CC2)n1. The van der Waals surface area contributed by atoms with E-state index in [1.165, 1.54) is 24.4 Å². The molecule has 0 spiro atoms. The smallest absolute Gasteiger partial charge is 0.372 e. The van der Waals surface area contributed by atoms with Crippen LogP contribution in [0.15, 0.2) is 30.5 Å². The van der Waals surface area contributed by atoms with Gasteiger partial charge >= 0.3 is 12.2 Å². The zero-order valence-electron chi connectivity index (χ0n) is 18.8. The second kappa shape index (κ2) is 9.45. The summed E-state index contributed by atoms with van der Waals surface area (Å²) in [6.45, 7) is 3.63. The molecule has 0 aliphatic carbocycles. The van der Waals surface area contributed by atoms with Crippen LogP contribution in [0, 0.1) is 0 Å². The number of nitrogens with zero attached hydrogens (tertiary/aromatic N) is 5. The molecule has 2 fully saturated rings. The molecule has 4 rings (SSSR count). The van der Waals surface area contributed by atoms with E-state index >= 15 is 0 Å². The normalized spacial score (nSPS) is 17.9. The monoisotopic (exact) mass is 500 g/mol. The second-order valence-corrected chi connectivity index (χ2v) is 10.4. The van der Waals surface area contributed by atoms with E-state index in [0.717, 1.165) is 36.9 Å². The zero-order valence-corrected chi connectivity index (χ0v) is 19.6. The number of hydrogen-bond acceptors (Lipinski definition) is 6. The van der Waals surface area contributed by atoms with Crippen molar-refractivity contribution in [2.45, 2.75) is 25.6 Å². The van der Waals surface area contributed by atoms with Gasteiger partial charge in [0.25, 0.3) is 0 Å². The molecule has 0 radical (unpaired) electrons. The van der Waals surface area contributed by atoms with E-state index < -0.39 is 27.8 Å². The minimum atomic E-state index is -4.41. The number of anilines is 2. The molecular weight excluding hydrogens is 473 g/mol. The van der Waals surface area contributed by atoms with Gasteiger partial charge in [0.1, 0.15) is 0 Å². The van der Waals surface area contributed by atoms with Crippen molar-refractivity contribution in [2.75, 3.05) is 55.1 Å². The Labute approximate surface area is 196 Å². The molecule has 9 nitrogen and oxygen atoms in total. The fraction of sp³-hybridized carbons (Fsp3) is 0.524. The average molecular weight is 501 g/mol. The number of alkyl halides is 3. The van der Waals surface area contributed by atoms with Gasteiger partial charge in [-0.3, -0.25) is 9.62 Å². The van der Waals surface area contributed by atoms with Crippen molar-refractivity contribution >= 4 is 27.6 Å². The van der Waals surface area contributed by atoms with Crippen LogP contribution in [0.2, 0.25) is 0 Å². The summed E-state index contributed by atoms with van der Waals surface area (Å²) in [6, 6.07) is 5.26. The molecule has 2 aromatic rings. The Morgan fingerprint density at radius 1 is 1.06 bits per heavy atom. The van der Waals surface area contributed by atoms with Gasteiger partial charge in [-0.15, -0.1) is 5.10 Å². The van der Waals surface area contributed by atoms with Gasteiger partial charge in [0.05, 0.1) is 11.8 Å². The maximum atomic E-state index is 13.5. The van der Waals surface area contributed by atoms with Crippen LogP contribution in [-0.2, 0) is 22.7 Å². The number of carbonyl (C=O) groups is 1. The predicted octanol–water partition coefficient (Wildman–Crippen LogP) is 2.66. The van der Waals surface area contributed by atoms with E-state index in [-0.39, 0.29) is 5.82 Å². The van der Waals surface area contributed by atoms with Gasteiger partial charge in [0.2, 0.25) is 10.0 Å². The van der Waals surface area contributed by atoms with E-state index in [2.05, 4.69) is 9.82 Å². The van der Waals surface area contributed by atoms with Crippen LogP contribution < -0.4 is 9.62 Å². The molecule has 0 atom stereocenters. The summed E-state index contributed by atoms with van der Waals surface area (Å²) in [5.41, 5.74) is 0.561. The van der Waals surface area contributed by atoms with Gasteiger partial charge in [0, 0.05) is 63.8 Å². The summed E-state index contributed by atoms with van der Waals surface area (Å²) < 4.78 is 66.4. The lowest BCUT2D eigenvalue weighted by Gasteiger charge is -2.34. The van der Waals surface area contributed by atoms with Crippen molar-refractivity contribution in [3.63, 3.8) is 0 Å². The Bertz CT molecular complexity index is 1140. The number of benzene rings is 1. The maximum Gasteiger partial charge on any atom is 0.416 e. The average Bonchev–Trinajstić information content (AvgIpc) is 3.44. The summed E-state index contributed by atoms with van der Waals surface area (Å²) in [4.78, 5) is 18.3. The highest BCUT2D eigenvalue weighted by atomic mass is 32.2. The highest BCUT2D eigenvalue weighted by molar-refractivity contribution is 7.92. The molecular formula is C21H27F3N6O3S. The number of carbonyl (C=O) groups excluding carboxylic acids is 1. The summed E-state index contributed by atoms with van der Waals surface area (Å²) in [5, 5.41) is 3.95. The number of hydrogen-bond donors (Lipinski definition) is 1. The number of halogens is 3. The van der Waals surface area contributed by atoms with E-state index in [0.29, 0.717) is 44.0 Å². The molecule has 1 amide bonds. The van der Waals surface area contributed by atoms with E-state index in [4.69, 9.17) is 0 Å². The van der Waals surface area contributed by atoms with Crippen LogP contribution >= 0.6 is 0 Å². The van der Waals surface area contributed by atoms with Gasteiger partial charge < -0.3 is 9.80 Å². The van der Waals surface area contributed by atoms with Crippen molar-refractivity contribution < 1.29 is 26.4 Å². The van der Waals surface area contributed by atoms with Crippen molar-refractivity contribution in [3.8, 4) is 0 Å². The van der Waals surface area contributed by atoms with E-state index in [1.54, 1.807) is 4.90 Å². The molecule has 0 saturated carbocycles. The Morgan fingerprint density at radius 3 is 2.35 bits per heavy atom. The Balaban J connectivity index is 1.39. The molecule has 3 heterocycles. The number of nitrogens with one attached hydrogen (secondary N) is 1. The highest BCUT2D eigenvalue weighted by Crippen LogP contribution is 2.34. The Kier molecular flexibility index (Phi) is 6.76. The first-order chi connectivity index (χ1) is 16.0. The summed E-state index contributed by atoms with van der Waals surface area (Å²) in [7, 11) is -3.50. The highest BCUT2D eigenvalue weighted by Gasteiger charge is 2.32. The van der Waals surface area contributed by atoms with Gasteiger partial charge in [-0.2, -0.15) is 17.9 Å². The third kappa shape index (κ3) is 6.00. The molecule has 1 aromatic carbocycles. The lowest BCUT2D eigenvalue weighted by Crippen LogP contribution is -2.49. The first-order valence-electron chi connectivity index (χ1n) is 11.0. The molecule has 2 aliphatic heterocycles. The molecule has 0 bridgehead atoms. The number of amides is 1. The fourth-order valence-electron chi connectivity index (χ4n) is 4.26. The van der Waals surface area contributed by atoms with Crippen LogP contribution in [-0.4, -0.2) is 79.6 Å². The van der Waals surface area contributed by atoms with Crippen molar-refractivity contribution in [3.05, 3.63) is 41.6 Å². The topological polar surface area (TPSA) is 90.8 Å². The van der Waals surface area contributed by atoms with Crippen LogP contribution in [0.3, 0.4) is 0 Å². The van der Waals surface area contributed by atoms with Crippen molar-refractivity contribution in [1.82, 2.24) is 19.6 Å². The Morgan fingerprint density at radius 2 is 1.74 bits per heavy atom. The fourth-order valence-corrected chi connectivity index (χ4v) is 4.75. The zero-order chi connectivity index (χ0) is 24.5. The maximum absolute atomic E-state index is 13.5. The minimum absolute atomic E-state index is 0.0489. The van der Waals surface area contributed by atoms with Crippen molar-refractivity contribution in [1.29, 1.82) is 0 Å². The molecule has 0 unspecified atom stereocenters. The molecule has 13 heteroatoms. The van der Waals surface area contributed by atoms with Crippen molar-refractivity contribution in [2.24, 2.45) is 0 Å². The van der Waals surface area contributed by atoms with E-state index in [1.807, 2.05) is 15.9 Å². The second-order valence-electron chi connectivity index (χ2n) is 8.65. The van der Waals surface area contributed by atoms with Crippen LogP contribution in [0.5, 0.6) is 0 Å². The molecule has 2 aliphatic rings. The van der Waals surface area contributed by atoms with Gasteiger partial charge in [-0.1, -0.05) is 0 Å². The van der Waals surface area contributed by atoms with Crippen LogP contribution in [0.25, 0.3) is 0 Å². The summed E-state index contributed by atoms with van der Waals surface area (Å²) >= 11 is 0. The molecule has 1 aromatic heterocycles. The lowest BCUT2D eigenvalue weighted by atomic mass is 10.1. The quantitative estimate of drug-likeness (QED) is 0.679. The molecule has 34 heavy (non-hydrogen) atoms. The largest absolute Gasteiger partial charge is 0.416 e. The van der Waals surface area contributed by atoms with Gasteiger partial charge in [-0.25, -0.2) is 13.2 Å². The third-order valence-electron chi connectivity index (χ3n) is 5.90. The minimum Gasteiger partial charge on any atom is -0.372 e. The van der Waals surface area contributed by atoms with Crippen LogP contribution in [0.4, 0.5) is 29.5 Å². The van der Waals surface area contributed by atoms with Gasteiger partial charge in [-0.05, 0) is 36.6 Å². The third-order valence-corrected chi connectivity index (χ3v) is 6.48. The predicted molar refractivity (Wildman–Crippen MR) is 121 cm³/mol. The first kappa shape index (κ1) is 24.3. The lowest BCUT2D eigenvalue weighted by molar-refractivity contribution is -0.137.